The fourth-order valence-electron chi connectivity index (χ4n) is 4.00. The van der Waals surface area contributed by atoms with Crippen LogP contribution in [0.4, 0.5) is 0 Å². The molecule has 2 aromatic rings. The third-order valence-electron chi connectivity index (χ3n) is 5.18. The standard InChI is InChI=1S/C22H23N3S/c1-26-22(23)25-21(17-11-6-3-7-12-17)19-14-8-13-18(20(19)24-25)15-16-9-4-2-5-10-16/h2-7,9-12,15,19,21,23H,8,13-14H2,1H3/b18-15+,23-22?. The van der Waals surface area contributed by atoms with Crippen LogP contribution in [-0.2, 0) is 0 Å². The monoisotopic (exact) mass is 361 g/mol. The van der Waals surface area contributed by atoms with Gasteiger partial charge < -0.3 is 0 Å². The summed E-state index contributed by atoms with van der Waals surface area (Å²) < 4.78 is 0. The van der Waals surface area contributed by atoms with E-state index in [2.05, 4.69) is 54.6 Å². The second kappa shape index (κ2) is 7.50. The number of allylic oxidation sites excluding steroid dienone is 1. The molecule has 0 radical (unpaired) electrons. The molecule has 1 fully saturated rings. The summed E-state index contributed by atoms with van der Waals surface area (Å²) in [7, 11) is 0. The van der Waals surface area contributed by atoms with E-state index in [0.29, 0.717) is 11.1 Å². The molecule has 2 aliphatic rings. The van der Waals surface area contributed by atoms with Gasteiger partial charge >= 0.3 is 0 Å². The Morgan fingerprint density at radius 2 is 1.81 bits per heavy atom. The SMILES string of the molecule is CSC(=N)N1N=C2/C(=C/c3ccccc3)CCCC2C1c1ccccc1. The Bertz CT molecular complexity index is 842. The molecule has 0 bridgehead atoms. The highest BCUT2D eigenvalue weighted by Gasteiger charge is 2.42. The molecule has 4 heteroatoms. The molecule has 1 aliphatic carbocycles. The van der Waals surface area contributed by atoms with Crippen LogP contribution in [0.2, 0.25) is 0 Å². The van der Waals surface area contributed by atoms with Crippen LogP contribution < -0.4 is 0 Å². The Balaban J connectivity index is 1.74. The zero-order chi connectivity index (χ0) is 17.9. The maximum atomic E-state index is 8.41. The van der Waals surface area contributed by atoms with Gasteiger partial charge in [0.15, 0.2) is 5.17 Å². The van der Waals surface area contributed by atoms with Crippen molar-refractivity contribution in [3.05, 3.63) is 77.4 Å². The zero-order valence-corrected chi connectivity index (χ0v) is 15.7. The average molecular weight is 362 g/mol. The molecule has 1 heterocycles. The lowest BCUT2D eigenvalue weighted by Gasteiger charge is -2.30. The Hall–Kier alpha value is -2.33. The minimum atomic E-state index is 0.130. The summed E-state index contributed by atoms with van der Waals surface area (Å²) in [6.07, 6.45) is 7.59. The second-order valence-electron chi connectivity index (χ2n) is 6.77. The van der Waals surface area contributed by atoms with Gasteiger partial charge in [0.05, 0.1) is 11.8 Å². The van der Waals surface area contributed by atoms with Crippen molar-refractivity contribution in [3.8, 4) is 0 Å². The van der Waals surface area contributed by atoms with E-state index in [1.165, 1.54) is 40.6 Å². The molecule has 4 rings (SSSR count). The van der Waals surface area contributed by atoms with E-state index >= 15 is 0 Å². The summed E-state index contributed by atoms with van der Waals surface area (Å²) in [4.78, 5) is 0. The molecule has 2 aromatic carbocycles. The molecule has 1 saturated carbocycles. The second-order valence-corrected chi connectivity index (χ2v) is 7.57. The fourth-order valence-corrected chi connectivity index (χ4v) is 4.34. The number of nitrogens with one attached hydrogen (secondary N) is 1. The van der Waals surface area contributed by atoms with Crippen LogP contribution in [0.1, 0.15) is 36.4 Å². The molecule has 0 saturated heterocycles. The van der Waals surface area contributed by atoms with Gasteiger partial charge in [-0.25, -0.2) is 5.01 Å². The third kappa shape index (κ3) is 3.21. The predicted octanol–water partition coefficient (Wildman–Crippen LogP) is 5.58. The smallest absolute Gasteiger partial charge is 0.177 e. The van der Waals surface area contributed by atoms with Crippen LogP contribution >= 0.6 is 11.8 Å². The number of thioether (sulfide) groups is 1. The molecular weight excluding hydrogens is 338 g/mol. The first-order chi connectivity index (χ1) is 12.8. The normalized spacial score (nSPS) is 23.7. The van der Waals surface area contributed by atoms with Gasteiger partial charge in [-0.2, -0.15) is 5.10 Å². The third-order valence-corrected chi connectivity index (χ3v) is 5.76. The van der Waals surface area contributed by atoms with Gasteiger partial charge in [0.2, 0.25) is 0 Å². The molecule has 2 atom stereocenters. The van der Waals surface area contributed by atoms with Crippen LogP contribution in [-0.4, -0.2) is 22.1 Å². The van der Waals surface area contributed by atoms with Crippen molar-refractivity contribution in [2.45, 2.75) is 25.3 Å². The van der Waals surface area contributed by atoms with Gasteiger partial charge in [-0.1, -0.05) is 72.4 Å². The Morgan fingerprint density at radius 1 is 1.12 bits per heavy atom. The quantitative estimate of drug-likeness (QED) is 0.560. The first-order valence-electron chi connectivity index (χ1n) is 9.09. The van der Waals surface area contributed by atoms with Gasteiger partial charge in [0.1, 0.15) is 0 Å². The minimum absolute atomic E-state index is 0.130. The van der Waals surface area contributed by atoms with E-state index in [0.717, 1.165) is 12.8 Å². The minimum Gasteiger partial charge on any atom is -0.277 e. The van der Waals surface area contributed by atoms with Gasteiger partial charge in [0.25, 0.3) is 0 Å². The van der Waals surface area contributed by atoms with E-state index in [4.69, 9.17) is 10.5 Å². The Labute approximate surface area is 159 Å². The highest BCUT2D eigenvalue weighted by Crippen LogP contribution is 2.44. The average Bonchev–Trinajstić information content (AvgIpc) is 3.09. The maximum Gasteiger partial charge on any atom is 0.177 e. The molecule has 0 aromatic heterocycles. The largest absolute Gasteiger partial charge is 0.277 e. The van der Waals surface area contributed by atoms with E-state index < -0.39 is 0 Å². The molecule has 0 spiro atoms. The molecule has 2 unspecified atom stereocenters. The van der Waals surface area contributed by atoms with E-state index in [1.54, 1.807) is 0 Å². The summed E-state index contributed by atoms with van der Waals surface area (Å²) in [5.74, 6) is 0.355. The van der Waals surface area contributed by atoms with Gasteiger partial charge in [0, 0.05) is 5.92 Å². The molecule has 26 heavy (non-hydrogen) atoms. The molecular formula is C22H23N3S. The first-order valence-corrected chi connectivity index (χ1v) is 10.3. The van der Waals surface area contributed by atoms with Gasteiger partial charge in [-0.3, -0.25) is 5.41 Å². The van der Waals surface area contributed by atoms with Crippen molar-refractivity contribution < 1.29 is 0 Å². The van der Waals surface area contributed by atoms with Crippen LogP contribution in [0.15, 0.2) is 71.3 Å². The number of fused-ring (bicyclic) bond motifs is 1. The van der Waals surface area contributed by atoms with Crippen molar-refractivity contribution in [1.29, 1.82) is 5.41 Å². The van der Waals surface area contributed by atoms with Crippen LogP contribution in [0, 0.1) is 11.3 Å². The number of hydrogen-bond donors (Lipinski definition) is 1. The predicted molar refractivity (Wildman–Crippen MR) is 111 cm³/mol. The highest BCUT2D eigenvalue weighted by atomic mass is 32.2. The molecule has 132 valence electrons. The molecule has 1 N–H and O–H groups in total. The summed E-state index contributed by atoms with van der Waals surface area (Å²) in [5, 5.41) is 15.8. The van der Waals surface area contributed by atoms with Crippen molar-refractivity contribution in [2.24, 2.45) is 11.0 Å². The first kappa shape index (κ1) is 17.1. The van der Waals surface area contributed by atoms with Crippen molar-refractivity contribution in [2.75, 3.05) is 6.26 Å². The number of rotatable bonds is 2. The maximum absolute atomic E-state index is 8.41. The fraction of sp³-hybridized carbons (Fsp3) is 0.273. The Kier molecular flexibility index (Phi) is 4.93. The van der Waals surface area contributed by atoms with Crippen LogP contribution in [0.3, 0.4) is 0 Å². The number of hydrogen-bond acceptors (Lipinski definition) is 3. The number of hydrazone groups is 1. The lowest BCUT2D eigenvalue weighted by Crippen LogP contribution is -2.30. The summed E-state index contributed by atoms with van der Waals surface area (Å²) in [5.41, 5.74) is 4.97. The molecule has 0 amide bonds. The topological polar surface area (TPSA) is 39.5 Å². The van der Waals surface area contributed by atoms with Crippen LogP contribution in [0.25, 0.3) is 6.08 Å². The number of amidine groups is 1. The van der Waals surface area contributed by atoms with E-state index in [-0.39, 0.29) is 6.04 Å². The van der Waals surface area contributed by atoms with Crippen LogP contribution in [0.5, 0.6) is 0 Å². The van der Waals surface area contributed by atoms with Crippen molar-refractivity contribution >= 4 is 28.7 Å². The van der Waals surface area contributed by atoms with Gasteiger partial charge in [-0.15, -0.1) is 0 Å². The van der Waals surface area contributed by atoms with E-state index in [9.17, 15) is 0 Å². The summed E-state index contributed by atoms with van der Waals surface area (Å²) in [6.45, 7) is 0. The van der Waals surface area contributed by atoms with E-state index in [1.807, 2.05) is 23.4 Å². The molecule has 1 aliphatic heterocycles. The van der Waals surface area contributed by atoms with Crippen molar-refractivity contribution in [3.63, 3.8) is 0 Å². The lowest BCUT2D eigenvalue weighted by atomic mass is 9.77. The Morgan fingerprint density at radius 3 is 2.50 bits per heavy atom. The molecule has 3 nitrogen and oxygen atoms in total. The summed E-state index contributed by atoms with van der Waals surface area (Å²) in [6, 6.07) is 21.2. The van der Waals surface area contributed by atoms with Crippen molar-refractivity contribution in [1.82, 2.24) is 5.01 Å². The highest BCUT2D eigenvalue weighted by molar-refractivity contribution is 8.13. The summed E-state index contributed by atoms with van der Waals surface area (Å²) >= 11 is 1.45. The zero-order valence-electron chi connectivity index (χ0n) is 14.9. The lowest BCUT2D eigenvalue weighted by molar-refractivity contribution is 0.307. The number of nitrogens with zero attached hydrogens (tertiary/aromatic N) is 2. The van der Waals surface area contributed by atoms with Gasteiger partial charge in [-0.05, 0) is 48.3 Å². The number of benzene rings is 2.